The number of amides is 1. The highest BCUT2D eigenvalue weighted by Crippen LogP contribution is 2.26. The molecule has 2 aliphatic rings. The summed E-state index contributed by atoms with van der Waals surface area (Å²) in [7, 11) is 0. The van der Waals surface area contributed by atoms with Crippen molar-refractivity contribution < 1.29 is 4.79 Å². The molecule has 104 valence electrons. The number of aromatic nitrogens is 1. The number of hydrogen-bond acceptors (Lipinski definition) is 2. The summed E-state index contributed by atoms with van der Waals surface area (Å²) in [6.07, 6.45) is 9.10. The Morgan fingerprint density at radius 1 is 1.42 bits per heavy atom. The van der Waals surface area contributed by atoms with Crippen molar-refractivity contribution in [3.05, 3.63) is 24.0 Å². The first-order valence-corrected chi connectivity index (χ1v) is 7.43. The van der Waals surface area contributed by atoms with Gasteiger partial charge in [0.1, 0.15) is 6.54 Å². The first-order valence-electron chi connectivity index (χ1n) is 7.43. The van der Waals surface area contributed by atoms with E-state index in [0.29, 0.717) is 12.6 Å². The molecule has 2 fully saturated rings. The van der Waals surface area contributed by atoms with E-state index in [4.69, 9.17) is 0 Å². The first kappa shape index (κ1) is 12.7. The molecule has 2 aliphatic carbocycles. The lowest BCUT2D eigenvalue weighted by molar-refractivity contribution is -0.132. The fourth-order valence-corrected chi connectivity index (χ4v) is 2.51. The molecular formula is C15H23N3O. The Morgan fingerprint density at radius 3 is 2.84 bits per heavy atom. The molecule has 0 bridgehead atoms. The molecule has 1 aromatic heterocycles. The number of hydrogen-bond donors (Lipinski definition) is 1. The predicted molar refractivity (Wildman–Crippen MR) is 74.7 cm³/mol. The van der Waals surface area contributed by atoms with Crippen LogP contribution < -0.4 is 5.32 Å². The van der Waals surface area contributed by atoms with E-state index >= 15 is 0 Å². The fourth-order valence-electron chi connectivity index (χ4n) is 2.51. The summed E-state index contributed by atoms with van der Waals surface area (Å²) in [6.45, 7) is 4.30. The highest BCUT2D eigenvalue weighted by molar-refractivity contribution is 5.76. The minimum Gasteiger partial charge on any atom is -0.345 e. The molecule has 0 radical (unpaired) electrons. The molecule has 0 saturated heterocycles. The zero-order valence-electron chi connectivity index (χ0n) is 11.6. The molecule has 0 unspecified atom stereocenters. The Balaban J connectivity index is 1.51. The first-order chi connectivity index (χ1) is 9.26. The van der Waals surface area contributed by atoms with Gasteiger partial charge < -0.3 is 14.8 Å². The van der Waals surface area contributed by atoms with Crippen LogP contribution in [-0.2, 0) is 17.9 Å². The summed E-state index contributed by atoms with van der Waals surface area (Å²) < 4.78 is 2.01. The van der Waals surface area contributed by atoms with Crippen LogP contribution in [-0.4, -0.2) is 34.0 Å². The van der Waals surface area contributed by atoms with Crippen molar-refractivity contribution in [1.29, 1.82) is 0 Å². The number of nitrogens with one attached hydrogen (secondary N) is 1. The van der Waals surface area contributed by atoms with Crippen molar-refractivity contribution >= 4 is 5.91 Å². The third-order valence-corrected chi connectivity index (χ3v) is 3.95. The van der Waals surface area contributed by atoms with E-state index in [9.17, 15) is 4.79 Å². The second kappa shape index (κ2) is 5.37. The van der Waals surface area contributed by atoms with Gasteiger partial charge in [-0.05, 0) is 44.2 Å². The highest BCUT2D eigenvalue weighted by atomic mass is 16.2. The van der Waals surface area contributed by atoms with Crippen LogP contribution >= 0.6 is 0 Å². The Bertz CT molecular complexity index is 446. The van der Waals surface area contributed by atoms with Crippen LogP contribution in [0.1, 0.15) is 38.2 Å². The molecule has 2 saturated carbocycles. The summed E-state index contributed by atoms with van der Waals surface area (Å²) in [6, 6.07) is 3.36. The van der Waals surface area contributed by atoms with E-state index in [-0.39, 0.29) is 5.91 Å². The molecule has 1 heterocycles. The second-order valence-corrected chi connectivity index (χ2v) is 5.76. The van der Waals surface area contributed by atoms with E-state index in [1.807, 2.05) is 15.7 Å². The average Bonchev–Trinajstić information content (AvgIpc) is 3.30. The molecule has 4 heteroatoms. The fraction of sp³-hybridized carbons (Fsp3) is 0.667. The molecule has 0 aromatic carbocycles. The molecule has 4 nitrogen and oxygen atoms in total. The Morgan fingerprint density at radius 2 is 2.21 bits per heavy atom. The van der Waals surface area contributed by atoms with Gasteiger partial charge in [0.25, 0.3) is 0 Å². The Labute approximate surface area is 114 Å². The Hall–Kier alpha value is -1.29. The number of rotatable bonds is 7. The van der Waals surface area contributed by atoms with Crippen LogP contribution in [0.2, 0.25) is 0 Å². The van der Waals surface area contributed by atoms with E-state index < -0.39 is 0 Å². The van der Waals surface area contributed by atoms with Gasteiger partial charge in [0.05, 0.1) is 0 Å². The number of likely N-dealkylation sites (N-methyl/N-ethyl adjacent to an activating group) is 1. The van der Waals surface area contributed by atoms with Gasteiger partial charge in [0.15, 0.2) is 0 Å². The number of carbonyl (C=O) groups excluding carboxylic acids is 1. The zero-order chi connectivity index (χ0) is 13.2. The van der Waals surface area contributed by atoms with Crippen molar-refractivity contribution in [3.63, 3.8) is 0 Å². The topological polar surface area (TPSA) is 37.3 Å². The maximum atomic E-state index is 12.2. The minimum absolute atomic E-state index is 0.252. The van der Waals surface area contributed by atoms with Crippen molar-refractivity contribution in [2.24, 2.45) is 0 Å². The lowest BCUT2D eigenvalue weighted by Gasteiger charge is -2.20. The molecule has 1 amide bonds. The predicted octanol–water partition coefficient (Wildman–Crippen LogP) is 1.75. The summed E-state index contributed by atoms with van der Waals surface area (Å²) >= 11 is 0. The molecular weight excluding hydrogens is 238 g/mol. The van der Waals surface area contributed by atoms with Crippen LogP contribution in [0.4, 0.5) is 0 Å². The monoisotopic (exact) mass is 261 g/mol. The van der Waals surface area contributed by atoms with Crippen molar-refractivity contribution in [2.75, 3.05) is 6.54 Å². The van der Waals surface area contributed by atoms with Gasteiger partial charge in [-0.25, -0.2) is 0 Å². The lowest BCUT2D eigenvalue weighted by atomic mass is 10.3. The van der Waals surface area contributed by atoms with Crippen LogP contribution in [0, 0.1) is 0 Å². The van der Waals surface area contributed by atoms with Crippen LogP contribution in [0.5, 0.6) is 0 Å². The number of nitrogens with zero attached hydrogens (tertiary/aromatic N) is 2. The zero-order valence-corrected chi connectivity index (χ0v) is 11.6. The van der Waals surface area contributed by atoms with E-state index in [2.05, 4.69) is 24.5 Å². The van der Waals surface area contributed by atoms with Crippen LogP contribution in [0.3, 0.4) is 0 Å². The summed E-state index contributed by atoms with van der Waals surface area (Å²) in [5.74, 6) is 0.252. The molecule has 1 N–H and O–H groups in total. The Kier molecular flexibility index (Phi) is 3.60. The largest absolute Gasteiger partial charge is 0.345 e. The van der Waals surface area contributed by atoms with Crippen LogP contribution in [0.15, 0.2) is 18.5 Å². The second-order valence-electron chi connectivity index (χ2n) is 5.76. The van der Waals surface area contributed by atoms with Gasteiger partial charge in [-0.15, -0.1) is 0 Å². The van der Waals surface area contributed by atoms with Gasteiger partial charge in [-0.3, -0.25) is 4.79 Å². The van der Waals surface area contributed by atoms with Gasteiger partial charge in [0.2, 0.25) is 5.91 Å². The number of carbonyl (C=O) groups is 1. The van der Waals surface area contributed by atoms with Crippen molar-refractivity contribution in [3.8, 4) is 0 Å². The third kappa shape index (κ3) is 3.38. The maximum Gasteiger partial charge on any atom is 0.242 e. The van der Waals surface area contributed by atoms with E-state index in [0.717, 1.165) is 19.1 Å². The molecule has 0 atom stereocenters. The van der Waals surface area contributed by atoms with Crippen molar-refractivity contribution in [1.82, 2.24) is 14.8 Å². The quantitative estimate of drug-likeness (QED) is 0.812. The average molecular weight is 261 g/mol. The summed E-state index contributed by atoms with van der Waals surface area (Å²) in [5, 5.41) is 3.49. The molecule has 3 rings (SSSR count). The molecule has 1 aromatic rings. The summed E-state index contributed by atoms with van der Waals surface area (Å²) in [4.78, 5) is 14.2. The normalized spacial score (nSPS) is 18.6. The van der Waals surface area contributed by atoms with Gasteiger partial charge >= 0.3 is 0 Å². The standard InChI is InChI=1S/C15H23N3O/c1-2-18(14-5-6-14)15(19)11-17-8-7-12(10-17)9-16-13-3-4-13/h7-8,10,13-14,16H,2-6,9,11H2,1H3. The SMILES string of the molecule is CCN(C(=O)Cn1ccc(CNC2CC2)c1)C1CC1. The van der Waals surface area contributed by atoms with Gasteiger partial charge in [-0.1, -0.05) is 0 Å². The third-order valence-electron chi connectivity index (χ3n) is 3.95. The highest BCUT2D eigenvalue weighted by Gasteiger charge is 2.31. The van der Waals surface area contributed by atoms with E-state index in [1.54, 1.807) is 0 Å². The molecule has 19 heavy (non-hydrogen) atoms. The smallest absolute Gasteiger partial charge is 0.242 e. The van der Waals surface area contributed by atoms with Crippen LogP contribution in [0.25, 0.3) is 0 Å². The van der Waals surface area contributed by atoms with Gasteiger partial charge in [-0.2, -0.15) is 0 Å². The lowest BCUT2D eigenvalue weighted by Crippen LogP contribution is -2.35. The van der Waals surface area contributed by atoms with E-state index in [1.165, 1.54) is 31.2 Å². The van der Waals surface area contributed by atoms with Gasteiger partial charge in [0, 0.05) is 37.6 Å². The maximum absolute atomic E-state index is 12.2. The molecule has 0 aliphatic heterocycles. The van der Waals surface area contributed by atoms with Crippen molar-refractivity contribution in [2.45, 2.75) is 57.8 Å². The minimum atomic E-state index is 0.252. The molecule has 0 spiro atoms. The summed E-state index contributed by atoms with van der Waals surface area (Å²) in [5.41, 5.74) is 1.27.